The second-order valence-corrected chi connectivity index (χ2v) is 8.05. The van der Waals surface area contributed by atoms with Gasteiger partial charge in [0.15, 0.2) is 0 Å². The molecule has 3 aromatic rings. The van der Waals surface area contributed by atoms with Crippen LogP contribution in [0.3, 0.4) is 0 Å². The lowest BCUT2D eigenvalue weighted by Crippen LogP contribution is -2.23. The number of ether oxygens (including phenoxy) is 1. The number of aromatic nitrogens is 1. The maximum Gasteiger partial charge on any atom is 0.433 e. The van der Waals surface area contributed by atoms with Gasteiger partial charge in [0.05, 0.1) is 23.5 Å². The fourth-order valence-corrected chi connectivity index (χ4v) is 4.41. The van der Waals surface area contributed by atoms with Crippen LogP contribution in [0.25, 0.3) is 16.7 Å². The van der Waals surface area contributed by atoms with Gasteiger partial charge in [0.25, 0.3) is 5.91 Å². The van der Waals surface area contributed by atoms with Crippen LogP contribution in [0.1, 0.15) is 24.2 Å². The molecule has 2 atom stereocenters. The number of pyridine rings is 1. The Morgan fingerprint density at radius 1 is 0.912 bits per heavy atom. The Balaban J connectivity index is 1.46. The van der Waals surface area contributed by atoms with Crippen molar-refractivity contribution in [3.05, 3.63) is 89.3 Å². The number of hydrogen-bond donors (Lipinski definition) is 1. The highest BCUT2D eigenvalue weighted by Crippen LogP contribution is 2.44. The number of halogens is 5. The number of nitrogens with one attached hydrogen (secondary N) is 1. The van der Waals surface area contributed by atoms with Crippen molar-refractivity contribution >= 4 is 17.2 Å². The van der Waals surface area contributed by atoms with Crippen molar-refractivity contribution in [2.75, 3.05) is 5.32 Å². The van der Waals surface area contributed by atoms with Crippen LogP contribution in [0, 0.1) is 11.6 Å². The first-order chi connectivity index (χ1) is 16.2. The van der Waals surface area contributed by atoms with E-state index < -0.39 is 41.6 Å². The molecule has 5 rings (SSSR count). The number of amides is 1. The molecule has 174 valence electrons. The van der Waals surface area contributed by atoms with Crippen LogP contribution in [0.2, 0.25) is 0 Å². The zero-order valence-electron chi connectivity index (χ0n) is 17.5. The Bertz CT molecular complexity index is 1320. The molecule has 2 bridgehead atoms. The predicted octanol–water partition coefficient (Wildman–Crippen LogP) is 6.00. The first-order valence-electron chi connectivity index (χ1n) is 10.5. The Labute approximate surface area is 191 Å². The molecule has 0 saturated carbocycles. The molecule has 0 unspecified atom stereocenters. The lowest BCUT2D eigenvalue weighted by Gasteiger charge is -2.17. The quantitative estimate of drug-likeness (QED) is 0.474. The van der Waals surface area contributed by atoms with Crippen molar-refractivity contribution in [1.82, 2.24) is 4.98 Å². The summed E-state index contributed by atoms with van der Waals surface area (Å²) in [6.07, 6.45) is -4.66. The Morgan fingerprint density at radius 3 is 2.38 bits per heavy atom. The largest absolute Gasteiger partial charge is 0.433 e. The van der Waals surface area contributed by atoms with E-state index in [1.54, 1.807) is 6.07 Å². The third kappa shape index (κ3) is 3.96. The number of carbonyl (C=O) groups excluding carboxylic acids is 1. The molecule has 2 aliphatic rings. The van der Waals surface area contributed by atoms with Gasteiger partial charge in [0, 0.05) is 22.4 Å². The number of alkyl halides is 3. The van der Waals surface area contributed by atoms with E-state index in [4.69, 9.17) is 4.74 Å². The van der Waals surface area contributed by atoms with E-state index in [1.165, 1.54) is 42.5 Å². The lowest BCUT2D eigenvalue weighted by atomic mass is 9.89. The number of benzene rings is 2. The molecular formula is C25H17F5N2O2. The normalized spacial score (nSPS) is 19.6. The molecule has 4 nitrogen and oxygen atoms in total. The highest BCUT2D eigenvalue weighted by atomic mass is 19.4. The molecular weight excluding hydrogens is 455 g/mol. The van der Waals surface area contributed by atoms with Gasteiger partial charge in [-0.3, -0.25) is 4.79 Å². The summed E-state index contributed by atoms with van der Waals surface area (Å²) in [4.78, 5) is 16.8. The maximum atomic E-state index is 14.7. The molecule has 2 aliphatic heterocycles. The summed E-state index contributed by atoms with van der Waals surface area (Å²) in [5.41, 5.74) is -0.314. The van der Waals surface area contributed by atoms with Crippen LogP contribution in [0.4, 0.5) is 27.6 Å². The number of nitrogens with zero attached hydrogens (tertiary/aromatic N) is 1. The molecule has 1 amide bonds. The summed E-state index contributed by atoms with van der Waals surface area (Å²) >= 11 is 0. The van der Waals surface area contributed by atoms with E-state index in [0.717, 1.165) is 12.1 Å². The topological polar surface area (TPSA) is 51.2 Å². The molecule has 34 heavy (non-hydrogen) atoms. The van der Waals surface area contributed by atoms with Crippen LogP contribution in [-0.4, -0.2) is 23.1 Å². The zero-order chi connectivity index (χ0) is 24.0. The minimum atomic E-state index is -4.63. The predicted molar refractivity (Wildman–Crippen MR) is 114 cm³/mol. The molecule has 1 aromatic heterocycles. The number of hydrogen-bond acceptors (Lipinski definition) is 3. The standard InChI is InChI=1S/C25H17F5N2O2/c26-16-5-2-1-4-14(16)15-9-8-13(12-17(15)27)31-24(33)23-20-11-10-19(34-20)22(23)18-6-3-7-21(32-18)25(28,29)30/h1-9,12,19-20H,10-11H2,(H,31,33)/t19-,20+/m0/s1. The highest BCUT2D eigenvalue weighted by molar-refractivity contribution is 6.11. The molecule has 0 spiro atoms. The van der Waals surface area contributed by atoms with Crippen molar-refractivity contribution in [3.63, 3.8) is 0 Å². The molecule has 2 aromatic carbocycles. The average Bonchev–Trinajstić information content (AvgIpc) is 3.41. The molecule has 1 fully saturated rings. The fraction of sp³-hybridized carbons (Fsp3) is 0.200. The summed E-state index contributed by atoms with van der Waals surface area (Å²) in [5.74, 6) is -1.93. The fourth-order valence-electron chi connectivity index (χ4n) is 4.41. The smallest absolute Gasteiger partial charge is 0.365 e. The monoisotopic (exact) mass is 472 g/mol. The Morgan fingerprint density at radius 2 is 1.65 bits per heavy atom. The van der Waals surface area contributed by atoms with E-state index in [9.17, 15) is 26.7 Å². The minimum absolute atomic E-state index is 0.0215. The van der Waals surface area contributed by atoms with Crippen molar-refractivity contribution < 1.29 is 31.5 Å². The molecule has 1 N–H and O–H groups in total. The molecule has 1 saturated heterocycles. The second-order valence-electron chi connectivity index (χ2n) is 8.05. The van der Waals surface area contributed by atoms with Gasteiger partial charge >= 0.3 is 6.18 Å². The SMILES string of the molecule is O=C(Nc1ccc(-c2ccccc2F)c(F)c1)C1=C(c2cccc(C(F)(F)F)n2)[C@@H]2CC[C@H]1O2. The van der Waals surface area contributed by atoms with E-state index in [-0.39, 0.29) is 28.1 Å². The van der Waals surface area contributed by atoms with Gasteiger partial charge in [0.2, 0.25) is 0 Å². The van der Waals surface area contributed by atoms with Crippen LogP contribution < -0.4 is 5.32 Å². The Kier molecular flexibility index (Phi) is 5.44. The first-order valence-corrected chi connectivity index (χ1v) is 10.5. The maximum absolute atomic E-state index is 14.7. The third-order valence-corrected chi connectivity index (χ3v) is 5.90. The summed E-state index contributed by atoms with van der Waals surface area (Å²) in [6, 6.07) is 13.1. The van der Waals surface area contributed by atoms with Crippen molar-refractivity contribution in [2.45, 2.75) is 31.2 Å². The van der Waals surface area contributed by atoms with E-state index in [0.29, 0.717) is 18.4 Å². The number of anilines is 1. The van der Waals surface area contributed by atoms with Crippen LogP contribution in [-0.2, 0) is 15.7 Å². The van der Waals surface area contributed by atoms with Crippen LogP contribution in [0.5, 0.6) is 0 Å². The molecule has 0 aliphatic carbocycles. The molecule has 9 heteroatoms. The summed E-state index contributed by atoms with van der Waals surface area (Å²) < 4.78 is 74.0. The van der Waals surface area contributed by atoms with Gasteiger partial charge in [-0.05, 0) is 49.2 Å². The van der Waals surface area contributed by atoms with E-state index >= 15 is 0 Å². The summed E-state index contributed by atoms with van der Waals surface area (Å²) in [6.45, 7) is 0. The highest BCUT2D eigenvalue weighted by Gasteiger charge is 2.45. The lowest BCUT2D eigenvalue weighted by molar-refractivity contribution is -0.141. The third-order valence-electron chi connectivity index (χ3n) is 5.90. The second kappa shape index (κ2) is 8.32. The van der Waals surface area contributed by atoms with Gasteiger partial charge in [0.1, 0.15) is 17.3 Å². The van der Waals surface area contributed by atoms with Crippen molar-refractivity contribution in [1.29, 1.82) is 0 Å². The number of rotatable bonds is 4. The van der Waals surface area contributed by atoms with Crippen molar-refractivity contribution in [3.8, 4) is 11.1 Å². The summed E-state index contributed by atoms with van der Waals surface area (Å²) in [7, 11) is 0. The van der Waals surface area contributed by atoms with Gasteiger partial charge < -0.3 is 10.1 Å². The van der Waals surface area contributed by atoms with Crippen LogP contribution >= 0.6 is 0 Å². The molecule has 0 radical (unpaired) electrons. The zero-order valence-corrected chi connectivity index (χ0v) is 17.5. The van der Waals surface area contributed by atoms with Gasteiger partial charge in [-0.15, -0.1) is 0 Å². The number of fused-ring (bicyclic) bond motifs is 2. The first kappa shape index (κ1) is 22.2. The van der Waals surface area contributed by atoms with Gasteiger partial charge in [-0.25, -0.2) is 13.8 Å². The van der Waals surface area contributed by atoms with Gasteiger partial charge in [-0.2, -0.15) is 13.2 Å². The van der Waals surface area contributed by atoms with Crippen LogP contribution in [0.15, 0.2) is 66.2 Å². The van der Waals surface area contributed by atoms with E-state index in [2.05, 4.69) is 10.3 Å². The number of carbonyl (C=O) groups is 1. The molecule has 3 heterocycles. The average molecular weight is 472 g/mol. The Hall–Kier alpha value is -3.59. The summed E-state index contributed by atoms with van der Waals surface area (Å²) in [5, 5.41) is 2.59. The minimum Gasteiger partial charge on any atom is -0.365 e. The van der Waals surface area contributed by atoms with Crippen molar-refractivity contribution in [2.24, 2.45) is 0 Å². The van der Waals surface area contributed by atoms with Gasteiger partial charge in [-0.1, -0.05) is 24.3 Å². The van der Waals surface area contributed by atoms with E-state index in [1.807, 2.05) is 0 Å².